The highest BCUT2D eigenvalue weighted by Crippen LogP contribution is 2.49. The van der Waals surface area contributed by atoms with Crippen molar-refractivity contribution in [3.8, 4) is 5.75 Å². The number of fused-ring (bicyclic) bond motifs is 1. The van der Waals surface area contributed by atoms with E-state index in [9.17, 15) is 33.4 Å². The van der Waals surface area contributed by atoms with Gasteiger partial charge >= 0.3 is 0 Å². The summed E-state index contributed by atoms with van der Waals surface area (Å²) in [4.78, 5) is 40.6. The fourth-order valence-corrected chi connectivity index (χ4v) is 5.55. The minimum Gasteiger partial charge on any atom is -0.503 e. The molecule has 1 aromatic heterocycles. The van der Waals surface area contributed by atoms with E-state index in [0.717, 1.165) is 25.0 Å². The Labute approximate surface area is 191 Å². The maximum atomic E-state index is 14.2. The molecule has 2 amide bonds. The van der Waals surface area contributed by atoms with Crippen LogP contribution in [0.25, 0.3) is 0 Å². The molecule has 1 spiro atoms. The standard InChI is InChI=1S/C22H20ClF2N3O5/c23-14-11(24)4-3-10(15(14)25)8-26-20(32)13-16-12(29)7-22-5-1-2-6-27(9-22)21(33)17(28(16)22)19(31)18(13)30/h3-4,12,29,31H,1-2,5-9H2,(H,26,32). The second-order valence-electron chi connectivity index (χ2n) is 8.77. The lowest BCUT2D eigenvalue weighted by Gasteiger charge is -2.41. The number of nitrogens with zero attached hydrogens (tertiary/aromatic N) is 2. The highest BCUT2D eigenvalue weighted by Gasteiger charge is 2.53. The summed E-state index contributed by atoms with van der Waals surface area (Å²) in [5.41, 5.74) is -2.67. The van der Waals surface area contributed by atoms with Gasteiger partial charge in [-0.15, -0.1) is 0 Å². The van der Waals surface area contributed by atoms with Gasteiger partial charge in [0.25, 0.3) is 11.8 Å². The van der Waals surface area contributed by atoms with E-state index in [0.29, 0.717) is 19.5 Å². The first kappa shape index (κ1) is 21.8. The highest BCUT2D eigenvalue weighted by molar-refractivity contribution is 6.30. The molecule has 1 fully saturated rings. The van der Waals surface area contributed by atoms with E-state index in [4.69, 9.17) is 11.6 Å². The third-order valence-corrected chi connectivity index (χ3v) is 7.17. The van der Waals surface area contributed by atoms with Gasteiger partial charge in [-0.2, -0.15) is 0 Å². The fraction of sp³-hybridized carbons (Fsp3) is 0.409. The van der Waals surface area contributed by atoms with Gasteiger partial charge in [-0.25, -0.2) is 8.78 Å². The van der Waals surface area contributed by atoms with Crippen LogP contribution >= 0.6 is 11.6 Å². The lowest BCUT2D eigenvalue weighted by Crippen LogP contribution is -2.52. The van der Waals surface area contributed by atoms with Gasteiger partial charge in [0.15, 0.2) is 11.4 Å². The third-order valence-electron chi connectivity index (χ3n) is 6.83. The first-order valence-electron chi connectivity index (χ1n) is 10.6. The van der Waals surface area contributed by atoms with Crippen molar-refractivity contribution in [2.45, 2.75) is 43.9 Å². The Morgan fingerprint density at radius 3 is 2.79 bits per heavy atom. The van der Waals surface area contributed by atoms with Crippen molar-refractivity contribution in [3.05, 3.63) is 61.5 Å². The summed E-state index contributed by atoms with van der Waals surface area (Å²) in [6.45, 7) is 0.374. The van der Waals surface area contributed by atoms with Crippen LogP contribution in [0.4, 0.5) is 8.78 Å². The molecule has 2 atom stereocenters. The minimum absolute atomic E-state index is 0.0298. The van der Waals surface area contributed by atoms with Crippen molar-refractivity contribution in [1.82, 2.24) is 14.8 Å². The van der Waals surface area contributed by atoms with Gasteiger partial charge in [-0.1, -0.05) is 17.7 Å². The van der Waals surface area contributed by atoms with Crippen LogP contribution in [-0.2, 0) is 12.1 Å². The molecule has 1 aromatic carbocycles. The number of nitrogens with one attached hydrogen (secondary N) is 1. The van der Waals surface area contributed by atoms with Crippen LogP contribution in [0, 0.1) is 11.6 Å². The zero-order chi connectivity index (χ0) is 23.7. The van der Waals surface area contributed by atoms with E-state index in [2.05, 4.69) is 5.32 Å². The topological polar surface area (TPSA) is 112 Å². The predicted octanol–water partition coefficient (Wildman–Crippen LogP) is 2.19. The molecule has 3 N–H and O–H groups in total. The van der Waals surface area contributed by atoms with Gasteiger partial charge in [0.1, 0.15) is 22.2 Å². The molecule has 2 aromatic rings. The quantitative estimate of drug-likeness (QED) is 0.584. The minimum atomic E-state index is -1.21. The van der Waals surface area contributed by atoms with Crippen molar-refractivity contribution in [3.63, 3.8) is 0 Å². The first-order valence-corrected chi connectivity index (χ1v) is 10.9. The summed E-state index contributed by atoms with van der Waals surface area (Å²) in [6.07, 6.45) is 1.11. The van der Waals surface area contributed by atoms with Crippen molar-refractivity contribution >= 4 is 23.4 Å². The number of aliphatic hydroxyl groups excluding tert-OH is 1. The summed E-state index contributed by atoms with van der Waals surface area (Å²) >= 11 is 5.57. The number of hydrogen-bond donors (Lipinski definition) is 3. The van der Waals surface area contributed by atoms with Crippen LogP contribution in [0.2, 0.25) is 5.02 Å². The molecule has 0 radical (unpaired) electrons. The van der Waals surface area contributed by atoms with E-state index >= 15 is 0 Å². The lowest BCUT2D eigenvalue weighted by molar-refractivity contribution is 0.0549. The van der Waals surface area contributed by atoms with Gasteiger partial charge < -0.3 is 25.0 Å². The number of carbonyl (C=O) groups excluding carboxylic acids is 2. The number of aliphatic hydroxyl groups is 1. The summed E-state index contributed by atoms with van der Waals surface area (Å²) in [7, 11) is 0. The number of carbonyl (C=O) groups is 2. The van der Waals surface area contributed by atoms with Gasteiger partial charge in [0, 0.05) is 31.6 Å². The summed E-state index contributed by atoms with van der Waals surface area (Å²) in [6, 6.07) is 2.05. The summed E-state index contributed by atoms with van der Waals surface area (Å²) in [5, 5.41) is 23.2. The van der Waals surface area contributed by atoms with Crippen LogP contribution in [0.3, 0.4) is 0 Å². The lowest BCUT2D eigenvalue weighted by atomic mass is 9.88. The van der Waals surface area contributed by atoms with Crippen molar-refractivity contribution in [2.24, 2.45) is 0 Å². The maximum Gasteiger partial charge on any atom is 0.274 e. The molecule has 11 heteroatoms. The van der Waals surface area contributed by atoms with Crippen molar-refractivity contribution < 1.29 is 28.6 Å². The van der Waals surface area contributed by atoms with Gasteiger partial charge in [0.05, 0.1) is 17.3 Å². The van der Waals surface area contributed by atoms with Crippen LogP contribution in [0.5, 0.6) is 5.75 Å². The van der Waals surface area contributed by atoms with Crippen molar-refractivity contribution in [2.75, 3.05) is 13.1 Å². The average molecular weight is 480 g/mol. The molecule has 1 saturated heterocycles. The van der Waals surface area contributed by atoms with E-state index in [1.165, 1.54) is 4.57 Å². The summed E-state index contributed by atoms with van der Waals surface area (Å²) in [5.74, 6) is -4.33. The Morgan fingerprint density at radius 2 is 2.03 bits per heavy atom. The zero-order valence-corrected chi connectivity index (χ0v) is 18.1. The number of halogens is 3. The first-order chi connectivity index (χ1) is 15.7. The molecule has 4 heterocycles. The van der Waals surface area contributed by atoms with E-state index in [1.54, 1.807) is 4.90 Å². The van der Waals surface area contributed by atoms with Gasteiger partial charge in [-0.05, 0) is 25.3 Å². The van der Waals surface area contributed by atoms with Crippen LogP contribution in [-0.4, -0.2) is 44.6 Å². The molecule has 2 unspecified atom stereocenters. The molecule has 174 valence electrons. The number of rotatable bonds is 3. The van der Waals surface area contributed by atoms with Crippen molar-refractivity contribution in [1.29, 1.82) is 0 Å². The largest absolute Gasteiger partial charge is 0.503 e. The third kappa shape index (κ3) is 3.07. The molecule has 3 aliphatic rings. The SMILES string of the molecule is O=C(NCc1ccc(F)c(Cl)c1F)c1c2n3c(c(O)c1=O)C(=O)N1CCCCC3(CC2O)C1. The van der Waals surface area contributed by atoms with Crippen LogP contribution < -0.4 is 10.7 Å². The molecule has 33 heavy (non-hydrogen) atoms. The van der Waals surface area contributed by atoms with E-state index in [1.807, 2.05) is 0 Å². The zero-order valence-electron chi connectivity index (χ0n) is 17.3. The fourth-order valence-electron chi connectivity index (χ4n) is 5.36. The molecule has 0 saturated carbocycles. The number of hydrogen-bond acceptors (Lipinski definition) is 5. The normalized spacial score (nSPS) is 23.3. The number of aromatic hydroxyl groups is 1. The molecule has 0 aliphatic carbocycles. The molecule has 2 bridgehead atoms. The van der Waals surface area contributed by atoms with Crippen LogP contribution in [0.1, 0.15) is 63.9 Å². The predicted molar refractivity (Wildman–Crippen MR) is 112 cm³/mol. The Balaban J connectivity index is 1.60. The Morgan fingerprint density at radius 1 is 1.27 bits per heavy atom. The molecular weight excluding hydrogens is 460 g/mol. The molecular formula is C22H20ClF2N3O5. The molecule has 5 rings (SSSR count). The Bertz CT molecular complexity index is 1280. The molecule has 8 nitrogen and oxygen atoms in total. The monoisotopic (exact) mass is 479 g/mol. The van der Waals surface area contributed by atoms with Gasteiger partial charge in [-0.3, -0.25) is 14.4 Å². The smallest absolute Gasteiger partial charge is 0.274 e. The second kappa shape index (κ2) is 7.53. The van der Waals surface area contributed by atoms with Gasteiger partial charge in [0.2, 0.25) is 5.43 Å². The van der Waals surface area contributed by atoms with E-state index < -0.39 is 63.4 Å². The maximum absolute atomic E-state index is 14.2. The van der Waals surface area contributed by atoms with E-state index in [-0.39, 0.29) is 23.4 Å². The Hall–Kier alpha value is -2.98. The number of pyridine rings is 1. The number of amides is 2. The summed E-state index contributed by atoms with van der Waals surface area (Å²) < 4.78 is 29.1. The number of benzene rings is 1. The molecule has 3 aliphatic heterocycles. The Kier molecular flexibility index (Phi) is 4.98. The average Bonchev–Trinajstić information content (AvgIpc) is 2.93. The highest BCUT2D eigenvalue weighted by atomic mass is 35.5. The number of aromatic nitrogens is 1. The van der Waals surface area contributed by atoms with Crippen LogP contribution in [0.15, 0.2) is 16.9 Å². The second-order valence-corrected chi connectivity index (χ2v) is 9.15.